The van der Waals surface area contributed by atoms with Gasteiger partial charge in [-0.15, -0.1) is 0 Å². The van der Waals surface area contributed by atoms with Crippen LogP contribution in [0.1, 0.15) is 67.9 Å². The lowest BCUT2D eigenvalue weighted by atomic mass is 9.72. The molecule has 204 valence electrons. The number of benzene rings is 3. The molecule has 0 bridgehead atoms. The lowest BCUT2D eigenvalue weighted by Gasteiger charge is -2.42. The van der Waals surface area contributed by atoms with E-state index in [4.69, 9.17) is 0 Å². The van der Waals surface area contributed by atoms with E-state index in [0.717, 1.165) is 61.2 Å². The molecule has 4 rings (SSSR count). The van der Waals surface area contributed by atoms with Crippen molar-refractivity contribution >= 4 is 5.97 Å². The molecule has 1 heterocycles. The summed E-state index contributed by atoms with van der Waals surface area (Å²) in [4.78, 5) is 13.9. The van der Waals surface area contributed by atoms with Crippen molar-refractivity contribution in [2.75, 3.05) is 19.6 Å². The monoisotopic (exact) mass is 519 g/mol. The Morgan fingerprint density at radius 3 is 1.84 bits per heavy atom. The maximum Gasteiger partial charge on any atom is 0.313 e. The van der Waals surface area contributed by atoms with E-state index in [1.165, 1.54) is 0 Å². The highest BCUT2D eigenvalue weighted by Gasteiger charge is 2.41. The average Bonchev–Trinajstić information content (AvgIpc) is 2.94. The molecule has 3 aromatic carbocycles. The number of aliphatic carboxylic acids is 1. The zero-order valence-electron chi connectivity index (χ0n) is 22.4. The van der Waals surface area contributed by atoms with Crippen LogP contribution in [0.3, 0.4) is 0 Å². The topological polar surface area (TPSA) is 112 Å². The van der Waals surface area contributed by atoms with Gasteiger partial charge in [0.25, 0.3) is 0 Å². The molecular weight excluding hydrogens is 478 g/mol. The summed E-state index contributed by atoms with van der Waals surface area (Å²) in [6, 6.07) is 27.3. The molecular formula is C32H41NO5. The summed E-state index contributed by atoms with van der Waals surface area (Å²) in [5, 5.41) is 32.2. The fraction of sp³-hybridized carbons (Fsp3) is 0.406. The third-order valence-electron chi connectivity index (χ3n) is 8.11. The smallest absolute Gasteiger partial charge is 0.313 e. The fourth-order valence-electron chi connectivity index (χ4n) is 5.52. The molecule has 1 saturated heterocycles. The Morgan fingerprint density at radius 2 is 1.37 bits per heavy atom. The number of likely N-dealkylation sites (tertiary alicyclic amines) is 1. The van der Waals surface area contributed by atoms with Crippen molar-refractivity contribution in [1.82, 2.24) is 4.90 Å². The molecule has 0 aliphatic carbocycles. The second-order valence-electron chi connectivity index (χ2n) is 10.8. The Balaban J connectivity index is 0.00000400. The number of aliphatic hydroxyl groups excluding tert-OH is 1. The van der Waals surface area contributed by atoms with Gasteiger partial charge >= 0.3 is 5.97 Å². The van der Waals surface area contributed by atoms with E-state index in [1.807, 2.05) is 72.8 Å². The Morgan fingerprint density at radius 1 is 0.868 bits per heavy atom. The molecule has 0 unspecified atom stereocenters. The molecule has 0 spiro atoms. The number of hydrogen-bond donors (Lipinski definition) is 3. The van der Waals surface area contributed by atoms with Gasteiger partial charge in [0.1, 0.15) is 5.60 Å². The molecule has 1 fully saturated rings. The predicted octanol–water partition coefficient (Wildman–Crippen LogP) is 4.69. The molecule has 0 amide bonds. The van der Waals surface area contributed by atoms with Gasteiger partial charge in [-0.3, -0.25) is 4.79 Å². The van der Waals surface area contributed by atoms with Crippen LogP contribution in [0, 0.1) is 5.92 Å². The van der Waals surface area contributed by atoms with Crippen LogP contribution in [-0.4, -0.2) is 51.3 Å². The van der Waals surface area contributed by atoms with Crippen molar-refractivity contribution in [2.24, 2.45) is 5.92 Å². The second kappa shape index (κ2) is 12.7. The Kier molecular flexibility index (Phi) is 9.85. The van der Waals surface area contributed by atoms with E-state index < -0.39 is 23.1 Å². The molecule has 3 aromatic rings. The predicted molar refractivity (Wildman–Crippen MR) is 150 cm³/mol. The summed E-state index contributed by atoms with van der Waals surface area (Å²) in [5.74, 6) is -0.733. The van der Waals surface area contributed by atoms with E-state index >= 15 is 0 Å². The fourth-order valence-corrected chi connectivity index (χ4v) is 5.52. The van der Waals surface area contributed by atoms with Gasteiger partial charge in [0, 0.05) is 0 Å². The summed E-state index contributed by atoms with van der Waals surface area (Å²) in [6.45, 7) is 6.11. The maximum absolute atomic E-state index is 12.1. The number of piperidine rings is 1. The first-order chi connectivity index (χ1) is 17.7. The molecule has 0 aromatic heterocycles. The van der Waals surface area contributed by atoms with Crippen LogP contribution in [0.2, 0.25) is 0 Å². The standard InChI is InChI=1S/C32H39NO4.H2O/c1-31(2,30(35)36)25-17-15-24(16-18-25)29(34)14-9-21-33-22-19-28(20-23-33)32(37,26-10-5-3-6-11-26)27-12-7-4-8-13-27;/h3-8,10-13,15-18,28-29,34,37H,9,14,19-23H2,1-2H3,(H,35,36);1H2/t29-;/m0./s1. The minimum absolute atomic E-state index is 0. The molecule has 38 heavy (non-hydrogen) atoms. The number of carboxylic acids is 1. The molecule has 6 heteroatoms. The van der Waals surface area contributed by atoms with Gasteiger partial charge in [-0.2, -0.15) is 0 Å². The zero-order chi connectivity index (χ0) is 26.5. The number of carbonyl (C=O) groups is 1. The van der Waals surface area contributed by atoms with Gasteiger partial charge in [0.05, 0.1) is 11.5 Å². The Hall–Kier alpha value is -3.03. The summed E-state index contributed by atoms with van der Waals surface area (Å²) in [6.07, 6.45) is 2.77. The highest BCUT2D eigenvalue weighted by atomic mass is 16.4. The quantitative estimate of drug-likeness (QED) is 0.360. The average molecular weight is 520 g/mol. The molecule has 1 aliphatic heterocycles. The SMILES string of the molecule is CC(C)(C(=O)O)c1ccc([C@@H](O)CCCN2CCC(C(O)(c3ccccc3)c3ccccc3)CC2)cc1.O. The molecule has 1 aliphatic rings. The first-order valence-electron chi connectivity index (χ1n) is 13.3. The van der Waals surface area contributed by atoms with Crippen molar-refractivity contribution in [3.05, 3.63) is 107 Å². The number of hydrogen-bond acceptors (Lipinski definition) is 4. The zero-order valence-corrected chi connectivity index (χ0v) is 22.4. The Bertz CT molecular complexity index is 1100. The van der Waals surface area contributed by atoms with Gasteiger partial charge in [-0.1, -0.05) is 84.9 Å². The third kappa shape index (κ3) is 6.33. The van der Waals surface area contributed by atoms with Crippen LogP contribution in [0.25, 0.3) is 0 Å². The number of aliphatic hydroxyl groups is 2. The van der Waals surface area contributed by atoms with Crippen LogP contribution in [0.15, 0.2) is 84.9 Å². The van der Waals surface area contributed by atoms with Crippen molar-refractivity contribution < 1.29 is 25.6 Å². The lowest BCUT2D eigenvalue weighted by molar-refractivity contribution is -0.142. The van der Waals surface area contributed by atoms with Gasteiger partial charge in [-0.05, 0) is 87.3 Å². The summed E-state index contributed by atoms with van der Waals surface area (Å²) in [5.41, 5.74) is 1.47. The largest absolute Gasteiger partial charge is 0.481 e. The molecule has 6 nitrogen and oxygen atoms in total. The molecule has 5 N–H and O–H groups in total. The Labute approximate surface area is 225 Å². The molecule has 0 saturated carbocycles. The van der Waals surface area contributed by atoms with Crippen LogP contribution >= 0.6 is 0 Å². The number of nitrogens with zero attached hydrogens (tertiary/aromatic N) is 1. The van der Waals surface area contributed by atoms with E-state index in [0.29, 0.717) is 6.42 Å². The van der Waals surface area contributed by atoms with E-state index in [-0.39, 0.29) is 11.4 Å². The van der Waals surface area contributed by atoms with Gasteiger partial charge in [0.15, 0.2) is 0 Å². The summed E-state index contributed by atoms with van der Waals surface area (Å²) < 4.78 is 0. The first kappa shape index (κ1) is 29.5. The van der Waals surface area contributed by atoms with E-state index in [2.05, 4.69) is 4.90 Å². The van der Waals surface area contributed by atoms with Crippen LogP contribution in [0.4, 0.5) is 0 Å². The van der Waals surface area contributed by atoms with Crippen molar-refractivity contribution in [1.29, 1.82) is 0 Å². The first-order valence-corrected chi connectivity index (χ1v) is 13.3. The van der Waals surface area contributed by atoms with Crippen molar-refractivity contribution in [3.8, 4) is 0 Å². The van der Waals surface area contributed by atoms with Crippen LogP contribution in [-0.2, 0) is 15.8 Å². The van der Waals surface area contributed by atoms with Crippen LogP contribution in [0.5, 0.6) is 0 Å². The minimum Gasteiger partial charge on any atom is -0.481 e. The normalized spacial score (nSPS) is 16.0. The minimum atomic E-state index is -1.01. The lowest BCUT2D eigenvalue weighted by Crippen LogP contribution is -2.44. The van der Waals surface area contributed by atoms with E-state index in [9.17, 15) is 20.1 Å². The third-order valence-corrected chi connectivity index (χ3v) is 8.11. The van der Waals surface area contributed by atoms with Crippen molar-refractivity contribution in [2.45, 2.75) is 56.7 Å². The molecule has 1 atom stereocenters. The van der Waals surface area contributed by atoms with Gasteiger partial charge in [0.2, 0.25) is 0 Å². The number of carboxylic acid groups (broad SMARTS) is 1. The van der Waals surface area contributed by atoms with Crippen LogP contribution < -0.4 is 0 Å². The number of rotatable bonds is 10. The highest BCUT2D eigenvalue weighted by molar-refractivity contribution is 5.80. The summed E-state index contributed by atoms with van der Waals surface area (Å²) in [7, 11) is 0. The molecule has 0 radical (unpaired) electrons. The highest BCUT2D eigenvalue weighted by Crippen LogP contribution is 2.42. The second-order valence-corrected chi connectivity index (χ2v) is 10.8. The van der Waals surface area contributed by atoms with E-state index in [1.54, 1.807) is 26.0 Å². The van der Waals surface area contributed by atoms with Gasteiger partial charge in [-0.25, -0.2) is 0 Å². The van der Waals surface area contributed by atoms with Crippen molar-refractivity contribution in [3.63, 3.8) is 0 Å². The maximum atomic E-state index is 12.1. The summed E-state index contributed by atoms with van der Waals surface area (Å²) >= 11 is 0. The van der Waals surface area contributed by atoms with Gasteiger partial charge < -0.3 is 25.7 Å².